The molecule has 3 aliphatic heterocycles. The number of quaternary nitrogens is 1. The Bertz CT molecular complexity index is 589. The summed E-state index contributed by atoms with van der Waals surface area (Å²) in [5.74, 6) is -1.04. The van der Waals surface area contributed by atoms with Crippen molar-refractivity contribution in [3.05, 3.63) is 11.3 Å². The summed E-state index contributed by atoms with van der Waals surface area (Å²) < 4.78 is 0.751. The number of aliphatic hydroxyl groups excluding tert-OH is 1. The Morgan fingerprint density at radius 3 is 2.72 bits per heavy atom. The normalized spacial score (nSPS) is 29.4. The third kappa shape index (κ3) is 3.56. The largest absolute Gasteiger partial charge is 0.543 e. The van der Waals surface area contributed by atoms with Crippen LogP contribution in [-0.4, -0.2) is 101 Å². The Morgan fingerprint density at radius 2 is 2.12 bits per heavy atom. The third-order valence-electron chi connectivity index (χ3n) is 5.40. The number of aliphatic hydroxyl groups is 1. The van der Waals surface area contributed by atoms with E-state index in [1.807, 2.05) is 0 Å². The van der Waals surface area contributed by atoms with Crippen molar-refractivity contribution in [2.75, 3.05) is 58.7 Å². The van der Waals surface area contributed by atoms with Gasteiger partial charge in [-0.3, -0.25) is 14.6 Å². The fraction of sp³-hybridized carbons (Fsp3) is 0.750. The molecule has 9 heteroatoms. The highest BCUT2D eigenvalue weighted by Crippen LogP contribution is 2.39. The number of hydrogen-bond donors (Lipinski definition) is 2. The summed E-state index contributed by atoms with van der Waals surface area (Å²) in [4.78, 5) is 27.3. The van der Waals surface area contributed by atoms with Crippen LogP contribution < -0.4 is 10.8 Å². The van der Waals surface area contributed by atoms with Gasteiger partial charge in [0, 0.05) is 37.6 Å². The Balaban J connectivity index is 1.70. The lowest BCUT2D eigenvalue weighted by atomic mass is 10.0. The minimum Gasteiger partial charge on any atom is -0.543 e. The number of aliphatic carboxylic acids is 1. The summed E-state index contributed by atoms with van der Waals surface area (Å²) in [5.41, 5.74) is 6.59. The minimum absolute atomic E-state index is 0.0394. The number of amides is 1. The molecule has 140 valence electrons. The first-order chi connectivity index (χ1) is 11.9. The first-order valence-corrected chi connectivity index (χ1v) is 9.71. The van der Waals surface area contributed by atoms with Gasteiger partial charge in [-0.15, -0.1) is 11.8 Å². The molecule has 2 saturated heterocycles. The molecule has 0 radical (unpaired) electrons. The van der Waals surface area contributed by atoms with Gasteiger partial charge in [-0.25, -0.2) is 0 Å². The van der Waals surface area contributed by atoms with Crippen molar-refractivity contribution in [2.24, 2.45) is 5.73 Å². The van der Waals surface area contributed by atoms with E-state index in [2.05, 4.69) is 11.9 Å². The van der Waals surface area contributed by atoms with Crippen molar-refractivity contribution in [2.45, 2.75) is 17.8 Å². The first kappa shape index (κ1) is 18.7. The Morgan fingerprint density at radius 1 is 1.44 bits per heavy atom. The lowest BCUT2D eigenvalue weighted by Gasteiger charge is -2.50. The topological polar surface area (TPSA) is 110 Å². The van der Waals surface area contributed by atoms with Crippen LogP contribution in [-0.2, 0) is 9.59 Å². The van der Waals surface area contributed by atoms with E-state index in [1.165, 1.54) is 16.7 Å². The lowest BCUT2D eigenvalue weighted by Crippen LogP contribution is -2.69. The average molecular weight is 370 g/mol. The number of thioether (sulfide) groups is 1. The molecule has 0 aromatic heterocycles. The molecular weight excluding hydrogens is 344 g/mol. The molecule has 0 saturated carbocycles. The van der Waals surface area contributed by atoms with Crippen LogP contribution >= 0.6 is 11.8 Å². The third-order valence-corrected chi connectivity index (χ3v) is 6.76. The summed E-state index contributed by atoms with van der Waals surface area (Å²) in [5, 5.41) is 20.3. The molecule has 0 aliphatic carbocycles. The van der Waals surface area contributed by atoms with Crippen LogP contribution in [0.3, 0.4) is 0 Å². The summed E-state index contributed by atoms with van der Waals surface area (Å²) in [7, 11) is 2.13. The minimum atomic E-state index is -1.28. The molecule has 0 spiro atoms. The molecular formula is C16H26N4O4S. The predicted octanol–water partition coefficient (Wildman–Crippen LogP) is -2.62. The SMILES string of the molecule is C[N+]1(CC2=C(C(=O)[O-])N3C(=O)C(N)C3SC2)CCN(CCCO)CC1. The predicted molar refractivity (Wildman–Crippen MR) is 92.0 cm³/mol. The maximum absolute atomic E-state index is 12.0. The molecule has 3 rings (SSSR count). The van der Waals surface area contributed by atoms with E-state index < -0.39 is 12.0 Å². The van der Waals surface area contributed by atoms with Gasteiger partial charge in [0.2, 0.25) is 5.91 Å². The van der Waals surface area contributed by atoms with Crippen LogP contribution in [0.2, 0.25) is 0 Å². The number of piperazine rings is 1. The number of carboxylic acids is 1. The van der Waals surface area contributed by atoms with E-state index in [0.717, 1.165) is 49.2 Å². The standard InChI is InChI=1S/C16H26N4O4S/c1-20(6-4-18(5-7-20)3-2-8-21)9-11-10-25-15-12(17)14(22)19(15)13(11)16(23)24/h12,15,21H,2-10,17H2,1H3. The van der Waals surface area contributed by atoms with Crippen LogP contribution in [0, 0.1) is 0 Å². The number of β-lactam (4-membered cyclic amide) rings is 1. The van der Waals surface area contributed by atoms with E-state index in [0.29, 0.717) is 12.3 Å². The van der Waals surface area contributed by atoms with Crippen LogP contribution in [0.4, 0.5) is 0 Å². The maximum atomic E-state index is 12.0. The zero-order valence-electron chi connectivity index (χ0n) is 14.5. The number of nitrogens with zero attached hydrogens (tertiary/aromatic N) is 3. The van der Waals surface area contributed by atoms with Crippen LogP contribution in [0.15, 0.2) is 11.3 Å². The number of nitrogens with two attached hydrogens (primary N) is 1. The second-order valence-corrected chi connectivity index (χ2v) is 8.42. The summed E-state index contributed by atoms with van der Waals surface area (Å²) >= 11 is 1.54. The average Bonchev–Trinajstić information content (AvgIpc) is 2.59. The van der Waals surface area contributed by atoms with Gasteiger partial charge < -0.3 is 25.2 Å². The number of hydrogen-bond acceptors (Lipinski definition) is 7. The molecule has 0 aromatic rings. The van der Waals surface area contributed by atoms with Crippen molar-refractivity contribution >= 4 is 23.6 Å². The maximum Gasteiger partial charge on any atom is 0.248 e. The van der Waals surface area contributed by atoms with Gasteiger partial charge in [0.05, 0.1) is 31.8 Å². The molecule has 2 atom stereocenters. The van der Waals surface area contributed by atoms with Crippen LogP contribution in [0.1, 0.15) is 6.42 Å². The summed E-state index contributed by atoms with van der Waals surface area (Å²) in [6, 6.07) is -0.610. The van der Waals surface area contributed by atoms with Crippen molar-refractivity contribution in [3.8, 4) is 0 Å². The fourth-order valence-corrected chi connectivity index (χ4v) is 5.10. The first-order valence-electron chi connectivity index (χ1n) is 8.67. The molecule has 25 heavy (non-hydrogen) atoms. The Kier molecular flexibility index (Phi) is 5.40. The second kappa shape index (κ2) is 7.24. The van der Waals surface area contributed by atoms with Crippen molar-refractivity contribution in [3.63, 3.8) is 0 Å². The van der Waals surface area contributed by atoms with Crippen molar-refractivity contribution in [1.29, 1.82) is 0 Å². The number of carboxylic acid groups (broad SMARTS) is 1. The molecule has 2 unspecified atom stereocenters. The van der Waals surface area contributed by atoms with Crippen LogP contribution in [0.5, 0.6) is 0 Å². The highest BCUT2D eigenvalue weighted by Gasteiger charge is 2.50. The van der Waals surface area contributed by atoms with E-state index in [4.69, 9.17) is 10.8 Å². The number of fused-ring (bicyclic) bond motifs is 1. The smallest absolute Gasteiger partial charge is 0.248 e. The lowest BCUT2D eigenvalue weighted by molar-refractivity contribution is -0.909. The van der Waals surface area contributed by atoms with Gasteiger partial charge in [0.1, 0.15) is 18.0 Å². The number of likely N-dealkylation sites (N-methyl/N-ethyl adjacent to an activating group) is 1. The van der Waals surface area contributed by atoms with Crippen molar-refractivity contribution < 1.29 is 24.3 Å². The molecule has 0 aromatic carbocycles. The summed E-state index contributed by atoms with van der Waals surface area (Å²) in [6.45, 7) is 5.38. The molecule has 0 bridgehead atoms. The fourth-order valence-electron chi connectivity index (χ4n) is 3.82. The van der Waals surface area contributed by atoms with Gasteiger partial charge in [-0.2, -0.15) is 0 Å². The van der Waals surface area contributed by atoms with E-state index in [-0.39, 0.29) is 23.6 Å². The summed E-state index contributed by atoms with van der Waals surface area (Å²) in [6.07, 6.45) is 0.777. The van der Waals surface area contributed by atoms with E-state index in [1.54, 1.807) is 0 Å². The Hall–Kier alpha value is -1.13. The van der Waals surface area contributed by atoms with Gasteiger partial charge in [-0.05, 0) is 6.42 Å². The zero-order valence-corrected chi connectivity index (χ0v) is 15.3. The monoisotopic (exact) mass is 370 g/mol. The van der Waals surface area contributed by atoms with Crippen LogP contribution in [0.25, 0.3) is 0 Å². The molecule has 8 nitrogen and oxygen atoms in total. The highest BCUT2D eigenvalue weighted by molar-refractivity contribution is 8.00. The van der Waals surface area contributed by atoms with Gasteiger partial charge >= 0.3 is 0 Å². The second-order valence-electron chi connectivity index (χ2n) is 7.32. The number of carbonyl (C=O) groups excluding carboxylic acids is 2. The van der Waals surface area contributed by atoms with Crippen molar-refractivity contribution in [1.82, 2.24) is 9.80 Å². The highest BCUT2D eigenvalue weighted by atomic mass is 32.2. The molecule has 3 N–H and O–H groups in total. The van der Waals surface area contributed by atoms with E-state index >= 15 is 0 Å². The quantitative estimate of drug-likeness (QED) is 0.389. The van der Waals surface area contributed by atoms with E-state index in [9.17, 15) is 14.7 Å². The molecule has 2 fully saturated rings. The van der Waals surface area contributed by atoms with Gasteiger partial charge in [-0.1, -0.05) is 0 Å². The van der Waals surface area contributed by atoms with Gasteiger partial charge in [0.25, 0.3) is 0 Å². The van der Waals surface area contributed by atoms with Gasteiger partial charge in [0.15, 0.2) is 0 Å². The number of carbonyl (C=O) groups is 2. The molecule has 3 heterocycles. The zero-order chi connectivity index (χ0) is 18.2. The number of rotatable bonds is 6. The molecule has 1 amide bonds. The Labute approximate surface area is 151 Å². The molecule has 3 aliphatic rings.